The first-order valence-corrected chi connectivity index (χ1v) is 4.69. The van der Waals surface area contributed by atoms with Gasteiger partial charge in [0.05, 0.1) is 12.1 Å². The zero-order chi connectivity index (χ0) is 11.4. The lowest BCUT2D eigenvalue weighted by Crippen LogP contribution is -2.27. The van der Waals surface area contributed by atoms with E-state index in [4.69, 9.17) is 29.6 Å². The summed E-state index contributed by atoms with van der Waals surface area (Å²) < 4.78 is 0. The Labute approximate surface area is 97.2 Å². The molecule has 1 aromatic rings. The molecule has 0 N–H and O–H groups in total. The van der Waals surface area contributed by atoms with Gasteiger partial charge in [0, 0.05) is 7.05 Å². The van der Waals surface area contributed by atoms with Crippen LogP contribution in [0.3, 0.4) is 0 Å². The third-order valence-corrected chi connectivity index (χ3v) is 2.09. The van der Waals surface area contributed by atoms with Gasteiger partial charge in [0.1, 0.15) is 0 Å². The minimum absolute atomic E-state index is 0.00766. The molecule has 1 rings (SSSR count). The third-order valence-electron chi connectivity index (χ3n) is 1.62. The van der Waals surface area contributed by atoms with E-state index in [1.165, 1.54) is 11.0 Å². The second-order valence-electron chi connectivity index (χ2n) is 2.74. The number of amides is 1. The van der Waals surface area contributed by atoms with Crippen LogP contribution in [0.5, 0.6) is 0 Å². The Hall–Kier alpha value is -1.31. The van der Waals surface area contributed by atoms with E-state index in [-0.39, 0.29) is 28.3 Å². The molecule has 0 saturated carbocycles. The van der Waals surface area contributed by atoms with E-state index in [1.54, 1.807) is 7.05 Å². The second-order valence-corrected chi connectivity index (χ2v) is 3.48. The smallest absolute Gasteiger partial charge is 0.257 e. The molecule has 4 nitrogen and oxygen atoms in total. The van der Waals surface area contributed by atoms with E-state index in [1.807, 2.05) is 0 Å². The Morgan fingerprint density at radius 3 is 2.87 bits per heavy atom. The normalized spacial score (nSPS) is 9.47. The summed E-state index contributed by atoms with van der Waals surface area (Å²) in [6, 6.07) is 1.35. The highest BCUT2D eigenvalue weighted by Gasteiger charge is 2.16. The van der Waals surface area contributed by atoms with Crippen LogP contribution in [0.25, 0.3) is 0 Å². The standard InChI is InChI=1S/C9H7Cl2N3O/c1-3-4-14(2)9(15)6-5-7(10)12-13-8(6)11/h1,5H,4H2,2H3. The first-order valence-electron chi connectivity index (χ1n) is 3.94. The van der Waals surface area contributed by atoms with Crippen molar-refractivity contribution in [2.75, 3.05) is 13.6 Å². The number of aromatic nitrogens is 2. The largest absolute Gasteiger partial charge is 0.330 e. The number of carbonyl (C=O) groups excluding carboxylic acids is 1. The molecule has 0 radical (unpaired) electrons. The molecule has 0 aliphatic carbocycles. The quantitative estimate of drug-likeness (QED) is 0.740. The summed E-state index contributed by atoms with van der Waals surface area (Å²) in [5.74, 6) is 2.01. The van der Waals surface area contributed by atoms with Crippen LogP contribution in [0.2, 0.25) is 10.3 Å². The molecule has 0 fully saturated rings. The van der Waals surface area contributed by atoms with E-state index in [9.17, 15) is 4.79 Å². The number of carbonyl (C=O) groups is 1. The molecule has 0 saturated heterocycles. The molecule has 0 spiro atoms. The van der Waals surface area contributed by atoms with Crippen LogP contribution < -0.4 is 0 Å². The summed E-state index contributed by atoms with van der Waals surface area (Å²) in [6.07, 6.45) is 5.08. The maximum atomic E-state index is 11.7. The predicted molar refractivity (Wildman–Crippen MR) is 57.8 cm³/mol. The SMILES string of the molecule is C#CCN(C)C(=O)c1cc(Cl)nnc1Cl. The summed E-state index contributed by atoms with van der Waals surface area (Å²) in [5, 5.41) is 7.14. The van der Waals surface area contributed by atoms with Crippen molar-refractivity contribution in [1.29, 1.82) is 0 Å². The zero-order valence-corrected chi connectivity index (χ0v) is 9.38. The molecule has 6 heteroatoms. The van der Waals surface area contributed by atoms with Gasteiger partial charge in [-0.15, -0.1) is 16.6 Å². The average molecular weight is 244 g/mol. The molecule has 15 heavy (non-hydrogen) atoms. The van der Waals surface area contributed by atoms with Gasteiger partial charge in [-0.25, -0.2) is 0 Å². The maximum absolute atomic E-state index is 11.7. The van der Waals surface area contributed by atoms with Crippen molar-refractivity contribution in [3.05, 3.63) is 21.9 Å². The van der Waals surface area contributed by atoms with Gasteiger partial charge in [0.2, 0.25) is 0 Å². The maximum Gasteiger partial charge on any atom is 0.257 e. The molecule has 1 aromatic heterocycles. The van der Waals surface area contributed by atoms with Gasteiger partial charge in [-0.05, 0) is 6.07 Å². The van der Waals surface area contributed by atoms with Crippen LogP contribution in [0.1, 0.15) is 10.4 Å². The number of terminal acetylenes is 1. The Morgan fingerprint density at radius 1 is 1.60 bits per heavy atom. The van der Waals surface area contributed by atoms with E-state index in [0.717, 1.165) is 0 Å². The topological polar surface area (TPSA) is 46.1 Å². The van der Waals surface area contributed by atoms with Crippen LogP contribution >= 0.6 is 23.2 Å². The van der Waals surface area contributed by atoms with Crippen molar-refractivity contribution in [3.8, 4) is 12.3 Å². The summed E-state index contributed by atoms with van der Waals surface area (Å²) in [4.78, 5) is 13.1. The summed E-state index contributed by atoms with van der Waals surface area (Å²) in [7, 11) is 1.56. The molecule has 1 amide bonds. The molecular weight excluding hydrogens is 237 g/mol. The first-order chi connectivity index (χ1) is 7.06. The molecule has 0 unspecified atom stereocenters. The number of hydrogen-bond donors (Lipinski definition) is 0. The average Bonchev–Trinajstić information content (AvgIpc) is 2.21. The lowest BCUT2D eigenvalue weighted by atomic mass is 10.3. The molecule has 78 valence electrons. The number of rotatable bonds is 2. The van der Waals surface area contributed by atoms with Gasteiger partial charge in [-0.1, -0.05) is 29.1 Å². The molecule has 1 heterocycles. The summed E-state index contributed by atoms with van der Waals surface area (Å²) >= 11 is 11.3. The summed E-state index contributed by atoms with van der Waals surface area (Å²) in [5.41, 5.74) is 0.189. The van der Waals surface area contributed by atoms with E-state index in [2.05, 4.69) is 16.1 Å². The predicted octanol–water partition coefficient (Wildman–Crippen LogP) is 1.49. The van der Waals surface area contributed by atoms with Gasteiger partial charge in [0.15, 0.2) is 10.3 Å². The summed E-state index contributed by atoms with van der Waals surface area (Å²) in [6.45, 7) is 0.190. The molecule has 0 aliphatic heterocycles. The Kier molecular flexibility index (Phi) is 3.89. The minimum atomic E-state index is -0.338. The molecule has 0 atom stereocenters. The van der Waals surface area contributed by atoms with Crippen molar-refractivity contribution >= 4 is 29.1 Å². The molecule has 0 aliphatic rings. The third kappa shape index (κ3) is 2.82. The molecular formula is C9H7Cl2N3O. The monoisotopic (exact) mass is 243 g/mol. The minimum Gasteiger partial charge on any atom is -0.330 e. The van der Waals surface area contributed by atoms with Gasteiger partial charge in [0.25, 0.3) is 5.91 Å². The lowest BCUT2D eigenvalue weighted by Gasteiger charge is -2.13. The van der Waals surface area contributed by atoms with E-state index in [0.29, 0.717) is 0 Å². The molecule has 0 aromatic carbocycles. The fourth-order valence-electron chi connectivity index (χ4n) is 0.917. The molecule has 0 bridgehead atoms. The first kappa shape index (κ1) is 11.8. The Balaban J connectivity index is 3.01. The van der Waals surface area contributed by atoms with Gasteiger partial charge >= 0.3 is 0 Å². The van der Waals surface area contributed by atoms with Crippen molar-refractivity contribution in [2.24, 2.45) is 0 Å². The highest BCUT2D eigenvalue weighted by atomic mass is 35.5. The highest BCUT2D eigenvalue weighted by Crippen LogP contribution is 2.16. The fourth-order valence-corrected chi connectivity index (χ4v) is 1.24. The van der Waals surface area contributed by atoms with Crippen LogP contribution in [-0.2, 0) is 0 Å². The number of nitrogens with zero attached hydrogens (tertiary/aromatic N) is 3. The number of halogens is 2. The van der Waals surface area contributed by atoms with Crippen LogP contribution in [0.4, 0.5) is 0 Å². The van der Waals surface area contributed by atoms with Gasteiger partial charge in [-0.3, -0.25) is 4.79 Å². The van der Waals surface area contributed by atoms with Crippen molar-refractivity contribution in [3.63, 3.8) is 0 Å². The second kappa shape index (κ2) is 4.96. The Morgan fingerprint density at radius 2 is 2.27 bits per heavy atom. The van der Waals surface area contributed by atoms with E-state index >= 15 is 0 Å². The van der Waals surface area contributed by atoms with Gasteiger partial charge in [-0.2, -0.15) is 0 Å². The Bertz CT molecular complexity index is 428. The van der Waals surface area contributed by atoms with Crippen molar-refractivity contribution < 1.29 is 4.79 Å². The highest BCUT2D eigenvalue weighted by molar-refractivity contribution is 6.34. The van der Waals surface area contributed by atoms with E-state index < -0.39 is 0 Å². The van der Waals surface area contributed by atoms with Crippen LogP contribution in [-0.4, -0.2) is 34.6 Å². The van der Waals surface area contributed by atoms with Crippen molar-refractivity contribution in [2.45, 2.75) is 0 Å². The number of hydrogen-bond acceptors (Lipinski definition) is 3. The lowest BCUT2D eigenvalue weighted by molar-refractivity contribution is 0.0812. The van der Waals surface area contributed by atoms with Crippen LogP contribution in [0.15, 0.2) is 6.07 Å². The van der Waals surface area contributed by atoms with Gasteiger partial charge < -0.3 is 4.90 Å². The van der Waals surface area contributed by atoms with Crippen molar-refractivity contribution in [1.82, 2.24) is 15.1 Å². The fraction of sp³-hybridized carbons (Fsp3) is 0.222. The zero-order valence-electron chi connectivity index (χ0n) is 7.87. The van der Waals surface area contributed by atoms with Crippen LogP contribution in [0, 0.1) is 12.3 Å².